The fraction of sp³-hybridized carbons (Fsp3) is 0.625. The number of rotatable bonds is 4. The van der Waals surface area contributed by atoms with Crippen molar-refractivity contribution in [1.82, 2.24) is 5.32 Å². The number of aromatic hydroxyl groups is 1. The lowest BCUT2D eigenvalue weighted by Gasteiger charge is -2.35. The van der Waals surface area contributed by atoms with E-state index in [1.165, 1.54) is 25.7 Å². The normalized spacial score (nSPS) is 23.8. The second kappa shape index (κ2) is 6.76. The highest BCUT2D eigenvalue weighted by molar-refractivity contribution is 9.10. The Morgan fingerprint density at radius 3 is 2.79 bits per heavy atom. The van der Waals surface area contributed by atoms with Gasteiger partial charge in [0.15, 0.2) is 0 Å². The molecule has 2 atom stereocenters. The number of nitrogens with one attached hydrogen (secondary N) is 1. The van der Waals surface area contributed by atoms with Crippen LogP contribution in [-0.4, -0.2) is 11.1 Å². The molecule has 0 aliphatic heterocycles. The SMILES string of the molecule is CC(C)C1CCCCC1NCc1cc(Br)ccc1O. The van der Waals surface area contributed by atoms with E-state index in [0.717, 1.165) is 28.4 Å². The van der Waals surface area contributed by atoms with Gasteiger partial charge in [0, 0.05) is 22.6 Å². The van der Waals surface area contributed by atoms with Crippen LogP contribution in [0.4, 0.5) is 0 Å². The van der Waals surface area contributed by atoms with Crippen LogP contribution >= 0.6 is 15.9 Å². The predicted molar refractivity (Wildman–Crippen MR) is 83.2 cm³/mol. The molecule has 0 saturated heterocycles. The number of hydrogen-bond acceptors (Lipinski definition) is 2. The smallest absolute Gasteiger partial charge is 0.120 e. The Hall–Kier alpha value is -0.540. The molecule has 106 valence electrons. The summed E-state index contributed by atoms with van der Waals surface area (Å²) < 4.78 is 1.02. The molecule has 1 aromatic carbocycles. The Morgan fingerprint density at radius 2 is 2.05 bits per heavy atom. The molecule has 0 radical (unpaired) electrons. The minimum Gasteiger partial charge on any atom is -0.508 e. The van der Waals surface area contributed by atoms with Gasteiger partial charge in [0.2, 0.25) is 0 Å². The number of halogens is 1. The Balaban J connectivity index is 1.98. The van der Waals surface area contributed by atoms with Crippen molar-refractivity contribution < 1.29 is 5.11 Å². The summed E-state index contributed by atoms with van der Waals surface area (Å²) >= 11 is 3.46. The molecule has 2 rings (SSSR count). The summed E-state index contributed by atoms with van der Waals surface area (Å²) in [5.41, 5.74) is 0.974. The molecule has 3 heteroatoms. The van der Waals surface area contributed by atoms with Gasteiger partial charge in [-0.3, -0.25) is 0 Å². The fourth-order valence-corrected chi connectivity index (χ4v) is 3.56. The summed E-state index contributed by atoms with van der Waals surface area (Å²) in [4.78, 5) is 0. The third-order valence-electron chi connectivity index (χ3n) is 4.27. The zero-order valence-corrected chi connectivity index (χ0v) is 13.4. The molecule has 1 aliphatic carbocycles. The van der Waals surface area contributed by atoms with Gasteiger partial charge in [-0.15, -0.1) is 0 Å². The molecule has 2 unspecified atom stereocenters. The number of phenols is 1. The van der Waals surface area contributed by atoms with Crippen LogP contribution in [0.25, 0.3) is 0 Å². The molecule has 2 nitrogen and oxygen atoms in total. The van der Waals surface area contributed by atoms with Gasteiger partial charge in [-0.2, -0.15) is 0 Å². The molecule has 0 bridgehead atoms. The first-order valence-electron chi connectivity index (χ1n) is 7.28. The van der Waals surface area contributed by atoms with Crippen LogP contribution < -0.4 is 5.32 Å². The quantitative estimate of drug-likeness (QED) is 0.856. The van der Waals surface area contributed by atoms with Gasteiger partial charge in [0.05, 0.1) is 0 Å². The van der Waals surface area contributed by atoms with Crippen LogP contribution in [0.15, 0.2) is 22.7 Å². The third kappa shape index (κ3) is 3.96. The first kappa shape index (κ1) is 14.9. The third-order valence-corrected chi connectivity index (χ3v) is 4.77. The highest BCUT2D eigenvalue weighted by atomic mass is 79.9. The Morgan fingerprint density at radius 1 is 1.32 bits per heavy atom. The maximum atomic E-state index is 9.88. The van der Waals surface area contributed by atoms with Crippen LogP contribution in [0.5, 0.6) is 5.75 Å². The van der Waals surface area contributed by atoms with E-state index in [4.69, 9.17) is 0 Å². The Bertz CT molecular complexity index is 419. The summed E-state index contributed by atoms with van der Waals surface area (Å²) in [6.45, 7) is 5.39. The zero-order chi connectivity index (χ0) is 13.8. The van der Waals surface area contributed by atoms with Gasteiger partial charge in [-0.05, 0) is 42.9 Å². The van der Waals surface area contributed by atoms with Crippen LogP contribution in [0.2, 0.25) is 0 Å². The first-order valence-corrected chi connectivity index (χ1v) is 8.08. The summed E-state index contributed by atoms with van der Waals surface area (Å²) in [7, 11) is 0. The van der Waals surface area contributed by atoms with E-state index >= 15 is 0 Å². The van der Waals surface area contributed by atoms with Crippen LogP contribution in [-0.2, 0) is 6.54 Å². The highest BCUT2D eigenvalue weighted by Gasteiger charge is 2.27. The molecule has 0 amide bonds. The molecule has 1 fully saturated rings. The van der Waals surface area contributed by atoms with Gasteiger partial charge < -0.3 is 10.4 Å². The molecule has 19 heavy (non-hydrogen) atoms. The number of phenolic OH excluding ortho intramolecular Hbond substituents is 1. The molecule has 0 spiro atoms. The second-order valence-electron chi connectivity index (χ2n) is 5.95. The van der Waals surface area contributed by atoms with Crippen molar-refractivity contribution in [3.8, 4) is 5.75 Å². The Kier molecular flexibility index (Phi) is 5.28. The summed E-state index contributed by atoms with van der Waals surface area (Å²) in [6.07, 6.45) is 5.28. The fourth-order valence-electron chi connectivity index (χ4n) is 3.15. The van der Waals surface area contributed by atoms with E-state index in [-0.39, 0.29) is 0 Å². The van der Waals surface area contributed by atoms with Gasteiger partial charge in [-0.25, -0.2) is 0 Å². The van der Waals surface area contributed by atoms with Crippen molar-refractivity contribution in [2.24, 2.45) is 11.8 Å². The minimum atomic E-state index is 0.382. The number of benzene rings is 1. The molecule has 1 saturated carbocycles. The Labute approximate surface area is 124 Å². The highest BCUT2D eigenvalue weighted by Crippen LogP contribution is 2.31. The topological polar surface area (TPSA) is 32.3 Å². The molecule has 2 N–H and O–H groups in total. The average Bonchev–Trinajstić information content (AvgIpc) is 2.40. The van der Waals surface area contributed by atoms with E-state index in [2.05, 4.69) is 35.1 Å². The van der Waals surface area contributed by atoms with Crippen molar-refractivity contribution in [1.29, 1.82) is 0 Å². The van der Waals surface area contributed by atoms with Gasteiger partial charge in [0.25, 0.3) is 0 Å². The summed E-state index contributed by atoms with van der Waals surface area (Å²) in [5.74, 6) is 1.88. The van der Waals surface area contributed by atoms with Crippen LogP contribution in [0.3, 0.4) is 0 Å². The van der Waals surface area contributed by atoms with Gasteiger partial charge in [-0.1, -0.05) is 42.6 Å². The first-order chi connectivity index (χ1) is 9.08. The van der Waals surface area contributed by atoms with E-state index in [1.54, 1.807) is 6.07 Å². The minimum absolute atomic E-state index is 0.382. The largest absolute Gasteiger partial charge is 0.508 e. The van der Waals surface area contributed by atoms with Gasteiger partial charge >= 0.3 is 0 Å². The molecule has 1 aromatic rings. The number of hydrogen-bond donors (Lipinski definition) is 2. The van der Waals surface area contributed by atoms with Crippen molar-refractivity contribution in [3.05, 3.63) is 28.2 Å². The molecular formula is C16H24BrNO. The van der Waals surface area contributed by atoms with E-state index in [0.29, 0.717) is 11.8 Å². The van der Waals surface area contributed by atoms with E-state index < -0.39 is 0 Å². The molecule has 1 aliphatic rings. The van der Waals surface area contributed by atoms with Gasteiger partial charge in [0.1, 0.15) is 5.75 Å². The average molecular weight is 326 g/mol. The molecular weight excluding hydrogens is 302 g/mol. The van der Waals surface area contributed by atoms with E-state index in [1.807, 2.05) is 12.1 Å². The van der Waals surface area contributed by atoms with Crippen LogP contribution in [0.1, 0.15) is 45.1 Å². The van der Waals surface area contributed by atoms with Crippen LogP contribution in [0, 0.1) is 11.8 Å². The monoisotopic (exact) mass is 325 g/mol. The lowest BCUT2D eigenvalue weighted by molar-refractivity contribution is 0.204. The van der Waals surface area contributed by atoms with Crippen molar-refractivity contribution in [2.45, 2.75) is 52.1 Å². The zero-order valence-electron chi connectivity index (χ0n) is 11.8. The van der Waals surface area contributed by atoms with E-state index in [9.17, 15) is 5.11 Å². The second-order valence-corrected chi connectivity index (χ2v) is 6.87. The predicted octanol–water partition coefficient (Wildman–Crippen LogP) is 4.46. The summed E-state index contributed by atoms with van der Waals surface area (Å²) in [5, 5.41) is 13.5. The maximum absolute atomic E-state index is 9.88. The van der Waals surface area contributed by atoms with Crippen molar-refractivity contribution >= 4 is 15.9 Å². The standard InChI is InChI=1S/C16H24BrNO/c1-11(2)14-5-3-4-6-15(14)18-10-12-9-13(17)7-8-16(12)19/h7-9,11,14-15,18-19H,3-6,10H2,1-2H3. The molecule has 0 aromatic heterocycles. The van der Waals surface area contributed by atoms with Crippen molar-refractivity contribution in [3.63, 3.8) is 0 Å². The lowest BCUT2D eigenvalue weighted by Crippen LogP contribution is -2.40. The lowest BCUT2D eigenvalue weighted by atomic mass is 9.78. The molecule has 0 heterocycles. The maximum Gasteiger partial charge on any atom is 0.120 e. The van der Waals surface area contributed by atoms with Crippen molar-refractivity contribution in [2.75, 3.05) is 0 Å². The summed E-state index contributed by atoms with van der Waals surface area (Å²) in [6, 6.07) is 6.21.